The number of anilines is 2. The smallest absolute Gasteiger partial charge is 0.264 e. The molecule has 0 bridgehead atoms. The van der Waals surface area contributed by atoms with Crippen molar-refractivity contribution in [2.75, 3.05) is 10.0 Å². The quantitative estimate of drug-likeness (QED) is 0.430. The van der Waals surface area contributed by atoms with Crippen LogP contribution < -0.4 is 15.4 Å². The average molecular weight is 458 g/mol. The first-order valence-corrected chi connectivity index (χ1v) is 10.9. The van der Waals surface area contributed by atoms with Crippen molar-refractivity contribution in [3.05, 3.63) is 71.5 Å². The number of carbonyl (C=O) groups excluding carboxylic acids is 1. The second-order valence-electron chi connectivity index (χ2n) is 6.56. The van der Waals surface area contributed by atoms with Crippen LogP contribution in [0.1, 0.15) is 21.7 Å². The van der Waals surface area contributed by atoms with Crippen molar-refractivity contribution in [3.8, 4) is 5.75 Å². The van der Waals surface area contributed by atoms with Gasteiger partial charge in [0.1, 0.15) is 5.75 Å². The van der Waals surface area contributed by atoms with E-state index in [4.69, 9.17) is 12.2 Å². The number of benzene rings is 2. The van der Waals surface area contributed by atoms with Gasteiger partial charge in [-0.3, -0.25) is 10.1 Å². The fraction of sp³-hybridized carbons (Fsp3) is 0.100. The van der Waals surface area contributed by atoms with E-state index in [1.54, 1.807) is 19.9 Å². The average Bonchev–Trinajstić information content (AvgIpc) is 2.67. The molecule has 0 fully saturated rings. The van der Waals surface area contributed by atoms with Crippen LogP contribution in [0.3, 0.4) is 0 Å². The minimum absolute atomic E-state index is 0.00202. The van der Waals surface area contributed by atoms with Crippen molar-refractivity contribution < 1.29 is 18.3 Å². The van der Waals surface area contributed by atoms with Crippen molar-refractivity contribution >= 4 is 44.9 Å². The standard InChI is InChI=1S/C20H19N5O4S2/c1-12-11-13(2)22-19(21-12)25-31(28,29)17-9-5-15(6-10-17)23-20(30)24-18(27)14-3-7-16(26)8-4-14/h3-11,26H,1-2H3,(H,21,22,25)(H2,23,24,27,30). The Kier molecular flexibility index (Phi) is 6.47. The SMILES string of the molecule is Cc1cc(C)nc(NS(=O)(=O)c2ccc(NC(=S)NC(=O)c3ccc(O)cc3)cc2)n1. The monoisotopic (exact) mass is 457 g/mol. The maximum absolute atomic E-state index is 12.6. The number of aromatic hydroxyl groups is 1. The minimum Gasteiger partial charge on any atom is -0.508 e. The molecule has 9 nitrogen and oxygen atoms in total. The van der Waals surface area contributed by atoms with Gasteiger partial charge in [-0.25, -0.2) is 23.1 Å². The molecule has 160 valence electrons. The number of nitrogens with zero attached hydrogens (tertiary/aromatic N) is 2. The van der Waals surface area contributed by atoms with Gasteiger partial charge in [-0.15, -0.1) is 0 Å². The zero-order chi connectivity index (χ0) is 22.6. The zero-order valence-electron chi connectivity index (χ0n) is 16.6. The molecule has 3 aromatic rings. The molecule has 11 heteroatoms. The third kappa shape index (κ3) is 5.96. The van der Waals surface area contributed by atoms with E-state index in [-0.39, 0.29) is 21.7 Å². The van der Waals surface area contributed by atoms with Crippen LogP contribution in [0.15, 0.2) is 59.5 Å². The highest BCUT2D eigenvalue weighted by Gasteiger charge is 2.16. The summed E-state index contributed by atoms with van der Waals surface area (Å²) in [5.41, 5.74) is 2.10. The van der Waals surface area contributed by atoms with Gasteiger partial charge in [0, 0.05) is 22.6 Å². The molecule has 2 aromatic carbocycles. The molecule has 3 rings (SSSR count). The summed E-state index contributed by atoms with van der Waals surface area (Å²) >= 11 is 5.12. The lowest BCUT2D eigenvalue weighted by molar-refractivity contribution is 0.0977. The molecule has 31 heavy (non-hydrogen) atoms. The Bertz CT molecular complexity index is 1210. The van der Waals surface area contributed by atoms with Crippen molar-refractivity contribution in [1.82, 2.24) is 15.3 Å². The van der Waals surface area contributed by atoms with Gasteiger partial charge in [-0.05, 0) is 80.7 Å². The van der Waals surface area contributed by atoms with E-state index >= 15 is 0 Å². The second kappa shape index (κ2) is 9.06. The molecule has 0 saturated carbocycles. The molecule has 0 aliphatic carbocycles. The second-order valence-corrected chi connectivity index (χ2v) is 8.65. The number of thiocarbonyl (C=S) groups is 1. The minimum atomic E-state index is -3.88. The van der Waals surface area contributed by atoms with Crippen molar-refractivity contribution in [1.29, 1.82) is 0 Å². The van der Waals surface area contributed by atoms with E-state index in [0.29, 0.717) is 22.6 Å². The van der Waals surface area contributed by atoms with Gasteiger partial charge in [-0.2, -0.15) is 0 Å². The van der Waals surface area contributed by atoms with E-state index in [0.717, 1.165) is 0 Å². The molecule has 1 amide bonds. The Morgan fingerprint density at radius 3 is 2.13 bits per heavy atom. The van der Waals surface area contributed by atoms with Crippen LogP contribution in [0.25, 0.3) is 0 Å². The highest BCUT2D eigenvalue weighted by molar-refractivity contribution is 7.92. The van der Waals surface area contributed by atoms with Crippen molar-refractivity contribution in [2.45, 2.75) is 18.7 Å². The zero-order valence-corrected chi connectivity index (χ0v) is 18.2. The van der Waals surface area contributed by atoms with E-state index in [1.165, 1.54) is 48.5 Å². The highest BCUT2D eigenvalue weighted by atomic mass is 32.2. The Hall–Kier alpha value is -3.57. The number of aromatic nitrogens is 2. The van der Waals surface area contributed by atoms with Crippen molar-refractivity contribution in [3.63, 3.8) is 0 Å². The number of phenols is 1. The summed E-state index contributed by atoms with van der Waals surface area (Å²) < 4.78 is 27.5. The molecule has 0 aliphatic rings. The number of nitrogens with one attached hydrogen (secondary N) is 3. The topological polar surface area (TPSA) is 133 Å². The van der Waals surface area contributed by atoms with Crippen LogP contribution in [0.4, 0.5) is 11.6 Å². The molecular weight excluding hydrogens is 438 g/mol. The molecule has 4 N–H and O–H groups in total. The summed E-state index contributed by atoms with van der Waals surface area (Å²) in [5, 5.41) is 14.6. The number of sulfonamides is 1. The fourth-order valence-electron chi connectivity index (χ4n) is 2.62. The molecule has 0 spiro atoms. The number of amides is 1. The summed E-state index contributed by atoms with van der Waals surface area (Å²) in [4.78, 5) is 20.3. The third-order valence-corrected chi connectivity index (χ3v) is 5.54. The van der Waals surface area contributed by atoms with Crippen LogP contribution in [0.5, 0.6) is 5.75 Å². The highest BCUT2D eigenvalue weighted by Crippen LogP contribution is 2.17. The van der Waals surface area contributed by atoms with Crippen molar-refractivity contribution in [2.24, 2.45) is 0 Å². The van der Waals surface area contributed by atoms with E-state index < -0.39 is 15.9 Å². The van der Waals surface area contributed by atoms with Gasteiger partial charge in [0.15, 0.2) is 5.11 Å². The Balaban J connectivity index is 1.64. The molecular formula is C20H19N5O4S2. The third-order valence-electron chi connectivity index (χ3n) is 3.99. The van der Waals surface area contributed by atoms with Gasteiger partial charge >= 0.3 is 0 Å². The molecule has 1 heterocycles. The van der Waals surface area contributed by atoms with Gasteiger partial charge in [0.05, 0.1) is 4.90 Å². The van der Waals surface area contributed by atoms with Gasteiger partial charge < -0.3 is 10.4 Å². The number of rotatable bonds is 5. The predicted octanol–water partition coefficient (Wildman–Crippen LogP) is 2.73. The number of hydrogen-bond acceptors (Lipinski definition) is 7. The Morgan fingerprint density at radius 1 is 0.968 bits per heavy atom. The number of carbonyl (C=O) groups is 1. The summed E-state index contributed by atoms with van der Waals surface area (Å²) in [6, 6.07) is 13.2. The maximum Gasteiger partial charge on any atom is 0.264 e. The van der Waals surface area contributed by atoms with E-state index in [1.807, 2.05) is 0 Å². The van der Waals surface area contributed by atoms with Crippen LogP contribution in [0, 0.1) is 13.8 Å². The largest absolute Gasteiger partial charge is 0.508 e. The Morgan fingerprint density at radius 2 is 1.55 bits per heavy atom. The van der Waals surface area contributed by atoms with Gasteiger partial charge in [0.2, 0.25) is 5.95 Å². The summed E-state index contributed by atoms with van der Waals surface area (Å²) in [5.74, 6) is -0.405. The number of phenolic OH excluding ortho intramolecular Hbond substituents is 1. The van der Waals surface area contributed by atoms with Crippen LogP contribution in [-0.2, 0) is 10.0 Å². The summed E-state index contributed by atoms with van der Waals surface area (Å²) in [7, 11) is -3.88. The molecule has 0 atom stereocenters. The first kappa shape index (κ1) is 22.1. The van der Waals surface area contributed by atoms with Crippen LogP contribution in [-0.4, -0.2) is 34.5 Å². The Labute approximate surface area is 184 Å². The maximum atomic E-state index is 12.6. The fourth-order valence-corrected chi connectivity index (χ4v) is 3.77. The van der Waals surface area contributed by atoms with E-state index in [2.05, 4.69) is 25.3 Å². The first-order chi connectivity index (χ1) is 14.6. The number of hydrogen-bond donors (Lipinski definition) is 4. The number of aryl methyl sites for hydroxylation is 2. The lowest BCUT2D eigenvalue weighted by Crippen LogP contribution is -2.34. The molecule has 1 aromatic heterocycles. The predicted molar refractivity (Wildman–Crippen MR) is 121 cm³/mol. The van der Waals surface area contributed by atoms with Crippen LogP contribution >= 0.6 is 12.2 Å². The summed E-state index contributed by atoms with van der Waals surface area (Å²) in [6.07, 6.45) is 0. The molecule has 0 aliphatic heterocycles. The lowest BCUT2D eigenvalue weighted by Gasteiger charge is -2.11. The van der Waals surface area contributed by atoms with Gasteiger partial charge in [0.25, 0.3) is 15.9 Å². The summed E-state index contributed by atoms with van der Waals surface area (Å²) in [6.45, 7) is 3.49. The molecule has 0 radical (unpaired) electrons. The molecule has 0 saturated heterocycles. The van der Waals surface area contributed by atoms with Crippen LogP contribution in [0.2, 0.25) is 0 Å². The lowest BCUT2D eigenvalue weighted by atomic mass is 10.2. The van der Waals surface area contributed by atoms with Gasteiger partial charge in [-0.1, -0.05) is 0 Å². The molecule has 0 unspecified atom stereocenters. The first-order valence-electron chi connectivity index (χ1n) is 8.99. The van der Waals surface area contributed by atoms with E-state index in [9.17, 15) is 18.3 Å². The normalized spacial score (nSPS) is 10.9.